The Hall–Kier alpha value is -2.89. The molecule has 2 aliphatic heterocycles. The Labute approximate surface area is 267 Å². The Balaban J connectivity index is 0.000000220. The van der Waals surface area contributed by atoms with Gasteiger partial charge in [-0.3, -0.25) is 9.59 Å². The number of fused-ring (bicyclic) bond motifs is 2. The first-order valence-corrected chi connectivity index (χ1v) is 14.4. The van der Waals surface area contributed by atoms with Crippen LogP contribution in [0.15, 0.2) is 60.9 Å². The summed E-state index contributed by atoms with van der Waals surface area (Å²) in [5.41, 5.74) is 3.79. The van der Waals surface area contributed by atoms with E-state index in [1.807, 2.05) is 36.4 Å². The van der Waals surface area contributed by atoms with Crippen LogP contribution in [0, 0.1) is 0 Å². The monoisotopic (exact) mass is 686 g/mol. The standard InChI is InChI=1S/2C16H21N3O.CH4.HI/c2*1-17-16(20)13-4-3-12-5-10-19(15(12)11-13)14-6-8-18(2)9-7-14;;/h2*3-5,10-11,14H,6-9H2,1-2H3,(H,17,20);1H4;1H. The zero-order valence-corrected chi connectivity index (χ0v) is 26.9. The molecule has 0 bridgehead atoms. The summed E-state index contributed by atoms with van der Waals surface area (Å²) in [6.07, 6.45) is 9.01. The maximum absolute atomic E-state index is 11.8. The molecule has 2 saturated heterocycles. The van der Waals surface area contributed by atoms with E-state index in [1.54, 1.807) is 14.1 Å². The van der Waals surface area contributed by atoms with Crippen LogP contribution in [0.1, 0.15) is 65.9 Å². The number of carbonyl (C=O) groups is 2. The highest BCUT2D eigenvalue weighted by atomic mass is 127. The number of hydrogen-bond donors (Lipinski definition) is 2. The van der Waals surface area contributed by atoms with Gasteiger partial charge in [-0.1, -0.05) is 19.6 Å². The minimum absolute atomic E-state index is 0. The molecule has 228 valence electrons. The van der Waals surface area contributed by atoms with Gasteiger partial charge < -0.3 is 29.6 Å². The SMILES string of the molecule is C.CNC(=O)c1ccc2ccn(C3CCN(C)CC3)c2c1.CNC(=O)c1ccc2ccn(C3CCN(C)CC3)c2c1.I. The fourth-order valence-corrected chi connectivity index (χ4v) is 6.05. The van der Waals surface area contributed by atoms with Gasteiger partial charge in [-0.15, -0.1) is 24.0 Å². The number of carbonyl (C=O) groups excluding carboxylic acids is 2. The van der Waals surface area contributed by atoms with E-state index in [-0.39, 0.29) is 43.2 Å². The third kappa shape index (κ3) is 7.36. The van der Waals surface area contributed by atoms with Gasteiger partial charge in [0.25, 0.3) is 11.8 Å². The summed E-state index contributed by atoms with van der Waals surface area (Å²) in [6, 6.07) is 17.2. The van der Waals surface area contributed by atoms with Gasteiger partial charge in [0.05, 0.1) is 0 Å². The van der Waals surface area contributed by atoms with E-state index in [0.717, 1.165) is 37.3 Å². The molecule has 6 rings (SSSR count). The zero-order chi connectivity index (χ0) is 28.2. The predicted octanol–water partition coefficient (Wildman–Crippen LogP) is 5.79. The summed E-state index contributed by atoms with van der Waals surface area (Å²) in [5, 5.41) is 7.79. The summed E-state index contributed by atoms with van der Waals surface area (Å²) in [7, 11) is 7.69. The Morgan fingerprint density at radius 3 is 1.33 bits per heavy atom. The van der Waals surface area contributed by atoms with Crippen LogP contribution in [0.4, 0.5) is 0 Å². The molecule has 2 aromatic carbocycles. The quantitative estimate of drug-likeness (QED) is 0.267. The highest BCUT2D eigenvalue weighted by Crippen LogP contribution is 2.29. The third-order valence-corrected chi connectivity index (χ3v) is 8.59. The van der Waals surface area contributed by atoms with Gasteiger partial charge in [0.2, 0.25) is 0 Å². The summed E-state index contributed by atoms with van der Waals surface area (Å²) >= 11 is 0. The summed E-state index contributed by atoms with van der Waals surface area (Å²) in [5.74, 6) is -0.0499. The van der Waals surface area contributed by atoms with Crippen molar-refractivity contribution in [1.82, 2.24) is 29.6 Å². The van der Waals surface area contributed by atoms with Crippen LogP contribution in [0.3, 0.4) is 0 Å². The second-order valence-electron chi connectivity index (χ2n) is 11.2. The average Bonchev–Trinajstić information content (AvgIpc) is 3.61. The number of nitrogens with zero attached hydrogens (tertiary/aromatic N) is 4. The molecule has 0 spiro atoms. The van der Waals surface area contributed by atoms with Crippen LogP contribution in [-0.4, -0.2) is 85.1 Å². The Morgan fingerprint density at radius 2 is 1.00 bits per heavy atom. The van der Waals surface area contributed by atoms with Crippen molar-refractivity contribution >= 4 is 57.6 Å². The average molecular weight is 687 g/mol. The molecule has 4 heterocycles. The molecule has 2 aliphatic rings. The number of halogens is 1. The maximum Gasteiger partial charge on any atom is 0.251 e. The number of likely N-dealkylation sites (tertiary alicyclic amines) is 2. The molecule has 8 nitrogen and oxygen atoms in total. The van der Waals surface area contributed by atoms with Gasteiger partial charge in [0.1, 0.15) is 0 Å². The smallest absolute Gasteiger partial charge is 0.251 e. The van der Waals surface area contributed by atoms with Crippen LogP contribution >= 0.6 is 24.0 Å². The zero-order valence-electron chi connectivity index (χ0n) is 24.6. The number of benzene rings is 2. The normalized spacial score (nSPS) is 16.7. The molecule has 0 atom stereocenters. The Kier molecular flexibility index (Phi) is 12.0. The molecular formula is C33H47IN6O2. The second kappa shape index (κ2) is 15.0. The van der Waals surface area contributed by atoms with Crippen LogP contribution < -0.4 is 10.6 Å². The molecule has 2 aromatic heterocycles. The van der Waals surface area contributed by atoms with Crippen molar-refractivity contribution in [3.05, 3.63) is 72.1 Å². The van der Waals surface area contributed by atoms with E-state index < -0.39 is 0 Å². The minimum Gasteiger partial charge on any atom is -0.355 e. The van der Waals surface area contributed by atoms with Crippen molar-refractivity contribution in [2.45, 2.75) is 45.2 Å². The molecule has 0 radical (unpaired) electrons. The van der Waals surface area contributed by atoms with Crippen LogP contribution in [0.25, 0.3) is 21.8 Å². The highest BCUT2D eigenvalue weighted by Gasteiger charge is 2.21. The van der Waals surface area contributed by atoms with Crippen molar-refractivity contribution < 1.29 is 9.59 Å². The van der Waals surface area contributed by atoms with Gasteiger partial charge in [-0.25, -0.2) is 0 Å². The van der Waals surface area contributed by atoms with Gasteiger partial charge in [-0.05, 0) is 113 Å². The topological polar surface area (TPSA) is 74.5 Å². The van der Waals surface area contributed by atoms with E-state index in [0.29, 0.717) is 12.1 Å². The number of aromatic nitrogens is 2. The first-order valence-electron chi connectivity index (χ1n) is 14.4. The van der Waals surface area contributed by atoms with E-state index in [2.05, 4.69) is 68.2 Å². The molecule has 0 saturated carbocycles. The Bertz CT molecular complexity index is 1370. The van der Waals surface area contributed by atoms with E-state index in [4.69, 9.17) is 0 Å². The van der Waals surface area contributed by atoms with Crippen molar-refractivity contribution in [3.8, 4) is 0 Å². The summed E-state index contributed by atoms with van der Waals surface area (Å²) in [4.78, 5) is 28.3. The maximum atomic E-state index is 11.8. The first kappa shape index (κ1) is 33.6. The molecule has 4 aromatic rings. The fourth-order valence-electron chi connectivity index (χ4n) is 6.05. The highest BCUT2D eigenvalue weighted by molar-refractivity contribution is 14.0. The lowest BCUT2D eigenvalue weighted by atomic mass is 10.0. The van der Waals surface area contributed by atoms with E-state index in [9.17, 15) is 9.59 Å². The molecule has 42 heavy (non-hydrogen) atoms. The summed E-state index contributed by atoms with van der Waals surface area (Å²) in [6.45, 7) is 4.55. The molecule has 2 amide bonds. The third-order valence-electron chi connectivity index (χ3n) is 8.59. The van der Waals surface area contributed by atoms with Crippen LogP contribution in [0.5, 0.6) is 0 Å². The number of amides is 2. The van der Waals surface area contributed by atoms with Gasteiger partial charge in [-0.2, -0.15) is 0 Å². The van der Waals surface area contributed by atoms with Crippen molar-refractivity contribution in [3.63, 3.8) is 0 Å². The van der Waals surface area contributed by atoms with Crippen molar-refractivity contribution in [2.75, 3.05) is 54.4 Å². The molecule has 2 fully saturated rings. The van der Waals surface area contributed by atoms with Crippen LogP contribution in [-0.2, 0) is 0 Å². The molecule has 9 heteroatoms. The first-order chi connectivity index (χ1) is 19.4. The summed E-state index contributed by atoms with van der Waals surface area (Å²) < 4.78 is 4.68. The van der Waals surface area contributed by atoms with Crippen LogP contribution in [0.2, 0.25) is 0 Å². The molecule has 0 unspecified atom stereocenters. The lowest BCUT2D eigenvalue weighted by Crippen LogP contribution is -2.31. The Morgan fingerprint density at radius 1 is 0.643 bits per heavy atom. The molecule has 0 aliphatic carbocycles. The number of nitrogens with one attached hydrogen (secondary N) is 2. The molecule has 2 N–H and O–H groups in total. The van der Waals surface area contributed by atoms with Crippen molar-refractivity contribution in [1.29, 1.82) is 0 Å². The predicted molar refractivity (Wildman–Crippen MR) is 184 cm³/mol. The largest absolute Gasteiger partial charge is 0.355 e. The number of piperidine rings is 2. The number of hydrogen-bond acceptors (Lipinski definition) is 4. The second-order valence-corrected chi connectivity index (χ2v) is 11.2. The van der Waals surface area contributed by atoms with Gasteiger partial charge >= 0.3 is 0 Å². The number of rotatable bonds is 4. The lowest BCUT2D eigenvalue weighted by Gasteiger charge is -2.30. The van der Waals surface area contributed by atoms with Gasteiger partial charge in [0.15, 0.2) is 0 Å². The fraction of sp³-hybridized carbons (Fsp3) is 0.455. The van der Waals surface area contributed by atoms with Gasteiger partial charge in [0, 0.05) is 60.7 Å². The van der Waals surface area contributed by atoms with E-state index >= 15 is 0 Å². The lowest BCUT2D eigenvalue weighted by molar-refractivity contribution is 0.0955. The minimum atomic E-state index is -0.0250. The van der Waals surface area contributed by atoms with E-state index in [1.165, 1.54) is 47.5 Å². The van der Waals surface area contributed by atoms with Crippen molar-refractivity contribution in [2.24, 2.45) is 0 Å². The molecular weight excluding hydrogens is 639 g/mol.